The molecule has 11 rings (SSSR count). The molecule has 0 bridgehead atoms. The van der Waals surface area contributed by atoms with Crippen molar-refractivity contribution in [2.75, 3.05) is 0 Å². The first-order valence-corrected chi connectivity index (χ1v) is 20.7. The minimum Gasteiger partial charge on any atom is -0.456 e. The second kappa shape index (κ2) is 15.2. The lowest BCUT2D eigenvalue weighted by atomic mass is 9.83. The predicted octanol–water partition coefficient (Wildman–Crippen LogP) is 16.3. The average molecular weight is 765 g/mol. The maximum absolute atomic E-state index is 6.19. The zero-order chi connectivity index (χ0) is 39.8. The minimum absolute atomic E-state index is 0.0564. The maximum Gasteiger partial charge on any atom is 0.136 e. The topological polar surface area (TPSA) is 13.1 Å². The van der Waals surface area contributed by atoms with Crippen LogP contribution in [0, 0.1) is 0 Å². The summed E-state index contributed by atoms with van der Waals surface area (Å²) in [6.07, 6.45) is 0. The van der Waals surface area contributed by atoms with Crippen LogP contribution in [-0.4, -0.2) is 0 Å². The highest BCUT2D eigenvalue weighted by molar-refractivity contribution is 6.06. The van der Waals surface area contributed by atoms with Gasteiger partial charge in [-0.2, -0.15) is 0 Å². The summed E-state index contributed by atoms with van der Waals surface area (Å²) in [6.45, 7) is 0. The van der Waals surface area contributed by atoms with E-state index in [0.29, 0.717) is 0 Å². The summed E-state index contributed by atoms with van der Waals surface area (Å²) in [5.41, 5.74) is 17.6. The molecule has 1 heterocycles. The standard InChI is InChI=1S/C59H40O/c1-2-10-40(11-3-1)50-14-8-15-51(38-50)43-26-32-48(33-27-43)59(49-34-28-46(29-35-49)54-18-9-13-45-12-4-5-16-53(45)54)47-30-24-42(25-31-47)41-20-22-44(23-21-41)52-36-37-56-55-17-6-7-19-57(55)60-58(56)39-52/h1-39,59H. The first-order chi connectivity index (χ1) is 29.7. The predicted molar refractivity (Wildman–Crippen MR) is 252 cm³/mol. The van der Waals surface area contributed by atoms with Gasteiger partial charge in [0.15, 0.2) is 0 Å². The molecule has 0 radical (unpaired) electrons. The normalized spacial score (nSPS) is 11.9. The van der Waals surface area contributed by atoms with Crippen molar-refractivity contribution in [2.45, 2.75) is 5.92 Å². The van der Waals surface area contributed by atoms with Crippen LogP contribution in [0.4, 0.5) is 0 Å². The highest BCUT2D eigenvalue weighted by Crippen LogP contribution is 2.38. The number of rotatable bonds is 8. The van der Waals surface area contributed by atoms with E-state index in [4.69, 9.17) is 4.42 Å². The van der Waals surface area contributed by atoms with E-state index in [0.717, 1.165) is 27.5 Å². The van der Waals surface area contributed by atoms with Crippen LogP contribution in [-0.2, 0) is 0 Å². The van der Waals surface area contributed by atoms with Crippen molar-refractivity contribution in [2.24, 2.45) is 0 Å². The van der Waals surface area contributed by atoms with Gasteiger partial charge in [0.2, 0.25) is 0 Å². The summed E-state index contributed by atoms with van der Waals surface area (Å²) in [4.78, 5) is 0. The third-order valence-corrected chi connectivity index (χ3v) is 12.1. The van der Waals surface area contributed by atoms with Gasteiger partial charge in [0.25, 0.3) is 0 Å². The molecule has 0 saturated heterocycles. The summed E-state index contributed by atoms with van der Waals surface area (Å²) < 4.78 is 6.19. The SMILES string of the molecule is c1ccc(-c2cccc(-c3ccc(C(c4ccc(-c5ccc(-c6ccc7c(c6)oc6ccccc67)cc5)cc4)c4ccc(-c5cccc6ccccc56)cc4)cc3)c2)cc1. The lowest BCUT2D eigenvalue weighted by molar-refractivity contribution is 0.669. The van der Waals surface area contributed by atoms with Crippen molar-refractivity contribution in [1.82, 2.24) is 0 Å². The van der Waals surface area contributed by atoms with Crippen LogP contribution in [0.25, 0.3) is 88.3 Å². The smallest absolute Gasteiger partial charge is 0.136 e. The van der Waals surface area contributed by atoms with Crippen LogP contribution < -0.4 is 0 Å². The molecular weight excluding hydrogens is 725 g/mol. The molecule has 0 amide bonds. The highest BCUT2D eigenvalue weighted by Gasteiger charge is 2.18. The summed E-state index contributed by atoms with van der Waals surface area (Å²) in [6, 6.07) is 85.8. The molecule has 1 atom stereocenters. The van der Waals surface area contributed by atoms with Gasteiger partial charge in [-0.1, -0.05) is 212 Å². The van der Waals surface area contributed by atoms with Gasteiger partial charge in [-0.15, -0.1) is 0 Å². The van der Waals surface area contributed by atoms with Crippen molar-refractivity contribution in [3.63, 3.8) is 0 Å². The second-order valence-electron chi connectivity index (χ2n) is 15.7. The van der Waals surface area contributed by atoms with Crippen molar-refractivity contribution >= 4 is 32.7 Å². The molecule has 0 saturated carbocycles. The van der Waals surface area contributed by atoms with E-state index in [1.165, 1.54) is 77.5 Å². The molecule has 0 N–H and O–H groups in total. The van der Waals surface area contributed by atoms with E-state index in [2.05, 4.69) is 224 Å². The molecule has 1 nitrogen and oxygen atoms in total. The van der Waals surface area contributed by atoms with Crippen LogP contribution in [0.5, 0.6) is 0 Å². The molecule has 0 spiro atoms. The molecular formula is C59H40O. The molecule has 0 aliphatic rings. The fraction of sp³-hybridized carbons (Fsp3) is 0.0169. The Balaban J connectivity index is 0.916. The Bertz CT molecular complexity index is 3260. The third kappa shape index (κ3) is 6.67. The Hall–Kier alpha value is -7.74. The van der Waals surface area contributed by atoms with Gasteiger partial charge >= 0.3 is 0 Å². The molecule has 1 aromatic heterocycles. The van der Waals surface area contributed by atoms with Crippen molar-refractivity contribution < 1.29 is 4.42 Å². The van der Waals surface area contributed by atoms with Gasteiger partial charge in [0, 0.05) is 16.7 Å². The summed E-state index contributed by atoms with van der Waals surface area (Å²) in [5.74, 6) is 0.0564. The molecule has 1 heteroatoms. The molecule has 0 fully saturated rings. The fourth-order valence-electron chi connectivity index (χ4n) is 8.92. The summed E-state index contributed by atoms with van der Waals surface area (Å²) in [7, 11) is 0. The van der Waals surface area contributed by atoms with E-state index >= 15 is 0 Å². The first-order valence-electron chi connectivity index (χ1n) is 20.7. The van der Waals surface area contributed by atoms with Crippen LogP contribution in [0.3, 0.4) is 0 Å². The first kappa shape index (κ1) is 35.4. The monoisotopic (exact) mass is 764 g/mol. The van der Waals surface area contributed by atoms with E-state index in [9.17, 15) is 0 Å². The molecule has 60 heavy (non-hydrogen) atoms. The van der Waals surface area contributed by atoms with Gasteiger partial charge in [-0.05, 0) is 107 Å². The summed E-state index contributed by atoms with van der Waals surface area (Å²) in [5, 5.41) is 4.83. The van der Waals surface area contributed by atoms with E-state index in [-0.39, 0.29) is 5.92 Å². The van der Waals surface area contributed by atoms with Gasteiger partial charge < -0.3 is 4.42 Å². The zero-order valence-electron chi connectivity index (χ0n) is 33.0. The largest absolute Gasteiger partial charge is 0.456 e. The Morgan fingerprint density at radius 2 is 0.667 bits per heavy atom. The molecule has 282 valence electrons. The fourth-order valence-corrected chi connectivity index (χ4v) is 8.92. The number of benzene rings is 10. The number of furan rings is 1. The number of para-hydroxylation sites is 1. The van der Waals surface area contributed by atoms with Crippen LogP contribution in [0.15, 0.2) is 241 Å². The Labute approximate surface area is 350 Å². The Kier molecular flexibility index (Phi) is 8.98. The Morgan fingerprint density at radius 3 is 1.32 bits per heavy atom. The van der Waals surface area contributed by atoms with Crippen LogP contribution in [0.1, 0.15) is 22.6 Å². The summed E-state index contributed by atoms with van der Waals surface area (Å²) >= 11 is 0. The van der Waals surface area contributed by atoms with Crippen molar-refractivity contribution in [1.29, 1.82) is 0 Å². The highest BCUT2D eigenvalue weighted by atomic mass is 16.3. The average Bonchev–Trinajstić information content (AvgIpc) is 3.71. The van der Waals surface area contributed by atoms with Gasteiger partial charge in [-0.3, -0.25) is 0 Å². The number of hydrogen-bond donors (Lipinski definition) is 0. The molecule has 1 unspecified atom stereocenters. The number of fused-ring (bicyclic) bond motifs is 4. The van der Waals surface area contributed by atoms with Crippen molar-refractivity contribution in [3.05, 3.63) is 253 Å². The number of hydrogen-bond acceptors (Lipinski definition) is 1. The zero-order valence-corrected chi connectivity index (χ0v) is 33.0. The lowest BCUT2D eigenvalue weighted by Crippen LogP contribution is -2.03. The van der Waals surface area contributed by atoms with Gasteiger partial charge in [0.1, 0.15) is 11.2 Å². The van der Waals surface area contributed by atoms with Crippen molar-refractivity contribution in [3.8, 4) is 55.6 Å². The molecule has 0 aliphatic carbocycles. The van der Waals surface area contributed by atoms with Gasteiger partial charge in [0.05, 0.1) is 0 Å². The lowest BCUT2D eigenvalue weighted by Gasteiger charge is -2.21. The maximum atomic E-state index is 6.19. The van der Waals surface area contributed by atoms with E-state index in [1.54, 1.807) is 0 Å². The molecule has 10 aromatic carbocycles. The van der Waals surface area contributed by atoms with E-state index in [1.807, 2.05) is 12.1 Å². The van der Waals surface area contributed by atoms with Crippen LogP contribution >= 0.6 is 0 Å². The molecule has 11 aromatic rings. The quantitative estimate of drug-likeness (QED) is 0.140. The van der Waals surface area contributed by atoms with E-state index < -0.39 is 0 Å². The van der Waals surface area contributed by atoms with Gasteiger partial charge in [-0.25, -0.2) is 0 Å². The molecule has 0 aliphatic heterocycles. The second-order valence-corrected chi connectivity index (χ2v) is 15.7. The third-order valence-electron chi connectivity index (χ3n) is 12.1. The Morgan fingerprint density at radius 1 is 0.250 bits per heavy atom. The van der Waals surface area contributed by atoms with Crippen LogP contribution in [0.2, 0.25) is 0 Å². The minimum atomic E-state index is 0.0564.